The Morgan fingerprint density at radius 1 is 1.00 bits per heavy atom. The van der Waals surface area contributed by atoms with Crippen LogP contribution in [0.25, 0.3) is 11.3 Å². The number of halogens is 1. The van der Waals surface area contributed by atoms with Crippen LogP contribution < -0.4 is 10.2 Å². The van der Waals surface area contributed by atoms with E-state index in [1.807, 2.05) is 47.4 Å². The van der Waals surface area contributed by atoms with Crippen molar-refractivity contribution in [1.82, 2.24) is 14.9 Å². The topological polar surface area (TPSA) is 78.4 Å². The van der Waals surface area contributed by atoms with Crippen molar-refractivity contribution in [1.29, 1.82) is 0 Å². The largest absolute Gasteiger partial charge is 0.353 e. The molecule has 4 rings (SSSR count). The Morgan fingerprint density at radius 3 is 2.45 bits per heavy atom. The van der Waals surface area contributed by atoms with Gasteiger partial charge in [-0.2, -0.15) is 0 Å². The van der Waals surface area contributed by atoms with Gasteiger partial charge in [-0.25, -0.2) is 4.98 Å². The Bertz CT molecular complexity index is 1080. The maximum absolute atomic E-state index is 12.7. The minimum atomic E-state index is -0.214. The van der Waals surface area contributed by atoms with Crippen molar-refractivity contribution < 1.29 is 9.59 Å². The van der Waals surface area contributed by atoms with Crippen LogP contribution in [0.3, 0.4) is 0 Å². The molecule has 158 valence electrons. The van der Waals surface area contributed by atoms with E-state index in [9.17, 15) is 9.59 Å². The molecule has 8 heteroatoms. The summed E-state index contributed by atoms with van der Waals surface area (Å²) < 4.78 is 1.06. The normalized spacial score (nSPS) is 13.7. The van der Waals surface area contributed by atoms with Crippen LogP contribution >= 0.6 is 22.6 Å². The van der Waals surface area contributed by atoms with Gasteiger partial charge in [-0.15, -0.1) is 0 Å². The summed E-state index contributed by atoms with van der Waals surface area (Å²) in [5, 5.41) is 2.95. The zero-order valence-electron chi connectivity index (χ0n) is 17.1. The third-order valence-electron chi connectivity index (χ3n) is 5.22. The summed E-state index contributed by atoms with van der Waals surface area (Å²) in [6.07, 6.45) is 3.35. The first kappa shape index (κ1) is 21.2. The number of hydrogen-bond acceptors (Lipinski definition) is 5. The molecule has 3 heterocycles. The van der Waals surface area contributed by atoms with Gasteiger partial charge >= 0.3 is 0 Å². The molecule has 2 aromatic heterocycles. The lowest BCUT2D eigenvalue weighted by Crippen LogP contribution is -2.48. The lowest BCUT2D eigenvalue weighted by molar-refractivity contribution is -0.129. The molecule has 0 bridgehead atoms. The maximum atomic E-state index is 12.7. The maximum Gasteiger partial charge on any atom is 0.257 e. The summed E-state index contributed by atoms with van der Waals surface area (Å²) in [7, 11) is 0. The number of hydrogen-bond donors (Lipinski definition) is 1. The Labute approximate surface area is 194 Å². The predicted octanol–water partition coefficient (Wildman–Crippen LogP) is 3.67. The number of amides is 2. The van der Waals surface area contributed by atoms with Crippen LogP contribution in [0.4, 0.5) is 11.5 Å². The number of aromatic nitrogens is 2. The number of nitrogens with one attached hydrogen (secondary N) is 1. The molecule has 1 fully saturated rings. The number of carbonyl (C=O) groups is 2. The van der Waals surface area contributed by atoms with Crippen LogP contribution in [0.1, 0.15) is 17.3 Å². The van der Waals surface area contributed by atoms with Gasteiger partial charge in [0.1, 0.15) is 5.82 Å². The highest BCUT2D eigenvalue weighted by Gasteiger charge is 2.20. The first-order valence-corrected chi connectivity index (χ1v) is 11.1. The molecular formula is C23H22IN5O2. The van der Waals surface area contributed by atoms with E-state index in [0.717, 1.165) is 33.7 Å². The quantitative estimate of drug-likeness (QED) is 0.525. The van der Waals surface area contributed by atoms with Gasteiger partial charge in [0.2, 0.25) is 5.91 Å². The Balaban J connectivity index is 1.43. The van der Waals surface area contributed by atoms with Crippen molar-refractivity contribution in [3.05, 3.63) is 70.1 Å². The average molecular weight is 527 g/mol. The van der Waals surface area contributed by atoms with E-state index < -0.39 is 0 Å². The van der Waals surface area contributed by atoms with Crippen molar-refractivity contribution in [3.8, 4) is 11.3 Å². The van der Waals surface area contributed by atoms with Crippen molar-refractivity contribution in [2.24, 2.45) is 0 Å². The fraction of sp³-hybridized carbons (Fsp3) is 0.217. The molecule has 7 nitrogen and oxygen atoms in total. The molecule has 1 saturated heterocycles. The van der Waals surface area contributed by atoms with Gasteiger partial charge in [0.15, 0.2) is 0 Å². The van der Waals surface area contributed by atoms with E-state index in [1.54, 1.807) is 25.4 Å². The summed E-state index contributed by atoms with van der Waals surface area (Å²) in [6.45, 7) is 4.43. The van der Waals surface area contributed by atoms with Crippen LogP contribution in [-0.2, 0) is 4.79 Å². The predicted molar refractivity (Wildman–Crippen MR) is 129 cm³/mol. The van der Waals surface area contributed by atoms with Gasteiger partial charge in [0, 0.05) is 60.3 Å². The Morgan fingerprint density at radius 2 is 1.81 bits per heavy atom. The molecule has 1 aliphatic heterocycles. The van der Waals surface area contributed by atoms with Gasteiger partial charge in [-0.3, -0.25) is 14.6 Å². The third kappa shape index (κ3) is 5.01. The van der Waals surface area contributed by atoms with Crippen LogP contribution in [0, 0.1) is 3.57 Å². The second-order valence-corrected chi connectivity index (χ2v) is 8.42. The molecule has 1 aliphatic rings. The van der Waals surface area contributed by atoms with Gasteiger partial charge in [0.05, 0.1) is 11.3 Å². The molecule has 3 aromatic rings. The number of benzene rings is 1. The number of piperazine rings is 1. The fourth-order valence-corrected chi connectivity index (χ4v) is 4.09. The van der Waals surface area contributed by atoms with Crippen molar-refractivity contribution in [3.63, 3.8) is 0 Å². The van der Waals surface area contributed by atoms with E-state index in [4.69, 9.17) is 0 Å². The highest BCUT2D eigenvalue weighted by atomic mass is 127. The van der Waals surface area contributed by atoms with Crippen LogP contribution in [0.15, 0.2) is 60.9 Å². The van der Waals surface area contributed by atoms with Crippen molar-refractivity contribution >= 4 is 45.9 Å². The molecule has 0 atom stereocenters. The molecule has 0 unspecified atom stereocenters. The van der Waals surface area contributed by atoms with Crippen molar-refractivity contribution in [2.45, 2.75) is 6.92 Å². The van der Waals surface area contributed by atoms with E-state index in [2.05, 4.69) is 42.8 Å². The first-order valence-electron chi connectivity index (χ1n) is 10.00. The highest BCUT2D eigenvalue weighted by Crippen LogP contribution is 2.27. The fourth-order valence-electron chi connectivity index (χ4n) is 3.48. The summed E-state index contributed by atoms with van der Waals surface area (Å²) in [5.74, 6) is 0.696. The molecule has 1 N–H and O–H groups in total. The first-order chi connectivity index (χ1) is 15.0. The molecular weight excluding hydrogens is 505 g/mol. The summed E-state index contributed by atoms with van der Waals surface area (Å²) in [4.78, 5) is 37.0. The van der Waals surface area contributed by atoms with Gasteiger partial charge in [-0.05, 0) is 65.1 Å². The average Bonchev–Trinajstić information content (AvgIpc) is 2.81. The molecule has 1 aromatic carbocycles. The van der Waals surface area contributed by atoms with E-state index >= 15 is 0 Å². The second kappa shape index (κ2) is 9.42. The van der Waals surface area contributed by atoms with E-state index in [0.29, 0.717) is 24.3 Å². The summed E-state index contributed by atoms with van der Waals surface area (Å²) in [5.41, 5.74) is 3.02. The summed E-state index contributed by atoms with van der Waals surface area (Å²) >= 11 is 2.27. The summed E-state index contributed by atoms with van der Waals surface area (Å²) in [6, 6.07) is 15.2. The number of anilines is 2. The highest BCUT2D eigenvalue weighted by molar-refractivity contribution is 14.1. The standard InChI is InChI=1S/C23H22IN5O2/c1-16(30)28-10-12-29(13-11-28)22-8-5-17(15-26-22)23(31)27-18-6-7-20(24)19(14-18)21-4-2-3-9-25-21/h2-9,14-15H,10-13H2,1H3,(H,27,31). The zero-order valence-corrected chi connectivity index (χ0v) is 19.2. The van der Waals surface area contributed by atoms with Gasteiger partial charge < -0.3 is 15.1 Å². The minimum absolute atomic E-state index is 0.0985. The van der Waals surface area contributed by atoms with E-state index in [1.165, 1.54) is 0 Å². The number of nitrogens with zero attached hydrogens (tertiary/aromatic N) is 4. The van der Waals surface area contributed by atoms with Gasteiger partial charge in [0.25, 0.3) is 5.91 Å². The Kier molecular flexibility index (Phi) is 6.45. The SMILES string of the molecule is CC(=O)N1CCN(c2ccc(C(=O)Nc3ccc(I)c(-c4ccccn4)c3)cn2)CC1. The molecule has 2 amide bonds. The van der Waals surface area contributed by atoms with Crippen LogP contribution in [0.5, 0.6) is 0 Å². The molecule has 0 aliphatic carbocycles. The lowest BCUT2D eigenvalue weighted by atomic mass is 10.1. The smallest absolute Gasteiger partial charge is 0.257 e. The minimum Gasteiger partial charge on any atom is -0.353 e. The monoisotopic (exact) mass is 527 g/mol. The third-order valence-corrected chi connectivity index (χ3v) is 6.16. The zero-order chi connectivity index (χ0) is 21.8. The molecule has 0 radical (unpaired) electrons. The van der Waals surface area contributed by atoms with Crippen LogP contribution in [0.2, 0.25) is 0 Å². The molecule has 0 spiro atoms. The Hall–Kier alpha value is -3.01. The molecule has 31 heavy (non-hydrogen) atoms. The number of pyridine rings is 2. The van der Waals surface area contributed by atoms with Crippen molar-refractivity contribution in [2.75, 3.05) is 36.4 Å². The lowest BCUT2D eigenvalue weighted by Gasteiger charge is -2.34. The van der Waals surface area contributed by atoms with E-state index in [-0.39, 0.29) is 11.8 Å². The second-order valence-electron chi connectivity index (χ2n) is 7.26. The molecule has 0 saturated carbocycles. The number of rotatable bonds is 4. The number of carbonyl (C=O) groups excluding carboxylic acids is 2. The van der Waals surface area contributed by atoms with Crippen LogP contribution in [-0.4, -0.2) is 52.9 Å². The van der Waals surface area contributed by atoms with Gasteiger partial charge in [-0.1, -0.05) is 6.07 Å².